The number of aliphatic hydroxyl groups excluding tert-OH is 1. The Kier molecular flexibility index (Phi) is 3.64. The Morgan fingerprint density at radius 3 is 2.94 bits per heavy atom. The van der Waals surface area contributed by atoms with Crippen LogP contribution in [0.1, 0.15) is 12.6 Å². The maximum absolute atomic E-state index is 13.6. The molecule has 0 bridgehead atoms. The van der Waals surface area contributed by atoms with Gasteiger partial charge >= 0.3 is 5.69 Å². The lowest BCUT2D eigenvalue weighted by Crippen LogP contribution is -2.35. The number of rotatable bonds is 2. The Hall–Kier alpha value is -0.740. The molecule has 17 heavy (non-hydrogen) atoms. The summed E-state index contributed by atoms with van der Waals surface area (Å²) in [5, 5.41) is 8.88. The van der Waals surface area contributed by atoms with Gasteiger partial charge in [-0.15, -0.1) is 0 Å². The first-order valence-electron chi connectivity index (χ1n) is 4.94. The minimum Gasteiger partial charge on any atom is -0.394 e. The summed E-state index contributed by atoms with van der Waals surface area (Å²) in [4.78, 5) is 24.7. The van der Waals surface area contributed by atoms with Crippen molar-refractivity contribution in [3.63, 3.8) is 0 Å². The molecule has 0 saturated carbocycles. The molecule has 2 N–H and O–H groups in total. The van der Waals surface area contributed by atoms with Gasteiger partial charge in [0, 0.05) is 12.6 Å². The van der Waals surface area contributed by atoms with Crippen LogP contribution in [0.15, 0.2) is 15.8 Å². The van der Waals surface area contributed by atoms with Crippen molar-refractivity contribution in [2.75, 3.05) is 6.61 Å². The van der Waals surface area contributed by atoms with Crippen LogP contribution in [0.5, 0.6) is 0 Å². The zero-order valence-electron chi connectivity index (χ0n) is 8.60. The van der Waals surface area contributed by atoms with E-state index in [0.717, 1.165) is 4.57 Å². The maximum Gasteiger partial charge on any atom is 0.330 e. The highest BCUT2D eigenvalue weighted by molar-refractivity contribution is 14.1. The van der Waals surface area contributed by atoms with Crippen molar-refractivity contribution in [2.24, 2.45) is 0 Å². The van der Waals surface area contributed by atoms with Crippen LogP contribution in [0.25, 0.3) is 0 Å². The molecular formula is C9H10FIN2O4. The number of aromatic amines is 1. The van der Waals surface area contributed by atoms with Gasteiger partial charge in [-0.2, -0.15) is 0 Å². The molecular weight excluding hydrogens is 346 g/mol. The van der Waals surface area contributed by atoms with Crippen LogP contribution in [0.2, 0.25) is 0 Å². The van der Waals surface area contributed by atoms with Gasteiger partial charge < -0.3 is 9.84 Å². The van der Waals surface area contributed by atoms with Gasteiger partial charge in [-0.1, -0.05) is 0 Å². The fourth-order valence-electron chi connectivity index (χ4n) is 1.71. The predicted molar refractivity (Wildman–Crippen MR) is 64.5 cm³/mol. The lowest BCUT2D eigenvalue weighted by Gasteiger charge is -2.16. The number of hydrogen-bond donors (Lipinski definition) is 2. The summed E-state index contributed by atoms with van der Waals surface area (Å²) in [5.41, 5.74) is -1.24. The minimum atomic E-state index is -1.38. The van der Waals surface area contributed by atoms with Crippen molar-refractivity contribution < 1.29 is 14.2 Å². The second kappa shape index (κ2) is 4.86. The SMILES string of the molecule is O=c1[nH]c(=O)n(C2OC(CO)CC2F)cc1I. The first kappa shape index (κ1) is 12.7. The van der Waals surface area contributed by atoms with Gasteiger partial charge in [0.05, 0.1) is 16.3 Å². The molecule has 0 aromatic carbocycles. The van der Waals surface area contributed by atoms with Crippen molar-refractivity contribution in [2.45, 2.75) is 24.9 Å². The van der Waals surface area contributed by atoms with Crippen LogP contribution >= 0.6 is 22.6 Å². The molecule has 0 radical (unpaired) electrons. The molecule has 8 heteroatoms. The van der Waals surface area contributed by atoms with E-state index < -0.39 is 29.8 Å². The number of ether oxygens (including phenoxy) is 1. The number of aliphatic hydroxyl groups is 1. The number of H-pyrrole nitrogens is 1. The molecule has 0 spiro atoms. The van der Waals surface area contributed by atoms with E-state index in [2.05, 4.69) is 4.98 Å². The van der Waals surface area contributed by atoms with Crippen molar-refractivity contribution in [3.8, 4) is 0 Å². The Balaban J connectivity index is 2.38. The highest BCUT2D eigenvalue weighted by Crippen LogP contribution is 2.29. The average molecular weight is 356 g/mol. The molecule has 0 aliphatic carbocycles. The molecule has 94 valence electrons. The van der Waals surface area contributed by atoms with Crippen LogP contribution in [0.4, 0.5) is 4.39 Å². The van der Waals surface area contributed by atoms with E-state index in [1.165, 1.54) is 6.20 Å². The van der Waals surface area contributed by atoms with Gasteiger partial charge in [0.25, 0.3) is 5.56 Å². The van der Waals surface area contributed by atoms with E-state index in [-0.39, 0.29) is 16.6 Å². The van der Waals surface area contributed by atoms with E-state index in [1.54, 1.807) is 22.6 Å². The van der Waals surface area contributed by atoms with Gasteiger partial charge in [0.1, 0.15) is 6.17 Å². The second-order valence-corrected chi connectivity index (χ2v) is 4.89. The third kappa shape index (κ3) is 2.43. The quantitative estimate of drug-likeness (QED) is 0.717. The molecule has 1 aliphatic heterocycles. The topological polar surface area (TPSA) is 84.3 Å². The molecule has 2 heterocycles. The van der Waals surface area contributed by atoms with Crippen LogP contribution in [0.3, 0.4) is 0 Å². The molecule has 2 rings (SSSR count). The van der Waals surface area contributed by atoms with E-state index in [9.17, 15) is 14.0 Å². The lowest BCUT2D eigenvalue weighted by atomic mass is 10.2. The standard InChI is InChI=1S/C9H10FIN2O4/c10-5-1-4(3-14)17-8(5)13-2-6(11)7(15)12-9(13)16/h2,4-5,8,14H,1,3H2,(H,12,15,16). The Morgan fingerprint density at radius 1 is 1.65 bits per heavy atom. The third-order valence-electron chi connectivity index (χ3n) is 2.53. The molecule has 0 amide bonds. The number of alkyl halides is 1. The Labute approximate surface area is 109 Å². The minimum absolute atomic E-state index is 0.0311. The Morgan fingerprint density at radius 2 is 2.35 bits per heavy atom. The highest BCUT2D eigenvalue weighted by atomic mass is 127. The summed E-state index contributed by atoms with van der Waals surface area (Å²) < 4.78 is 20.1. The predicted octanol–water partition coefficient (Wildman–Crippen LogP) is -0.241. The fraction of sp³-hybridized carbons (Fsp3) is 0.556. The molecule has 6 nitrogen and oxygen atoms in total. The zero-order chi connectivity index (χ0) is 12.6. The van der Waals surface area contributed by atoms with Crippen LogP contribution in [0, 0.1) is 3.57 Å². The summed E-state index contributed by atoms with van der Waals surface area (Å²) in [5.74, 6) is 0. The van der Waals surface area contributed by atoms with Crippen molar-refractivity contribution in [1.29, 1.82) is 0 Å². The van der Waals surface area contributed by atoms with Crippen molar-refractivity contribution in [3.05, 3.63) is 30.6 Å². The highest BCUT2D eigenvalue weighted by Gasteiger charge is 2.37. The smallest absolute Gasteiger partial charge is 0.330 e. The monoisotopic (exact) mass is 356 g/mol. The number of nitrogens with one attached hydrogen (secondary N) is 1. The van der Waals surface area contributed by atoms with Gasteiger partial charge in [-0.3, -0.25) is 14.3 Å². The first-order valence-corrected chi connectivity index (χ1v) is 6.02. The number of nitrogens with zero attached hydrogens (tertiary/aromatic N) is 1. The normalized spacial score (nSPS) is 28.5. The van der Waals surface area contributed by atoms with Crippen molar-refractivity contribution >= 4 is 22.6 Å². The summed E-state index contributed by atoms with van der Waals surface area (Å²) in [7, 11) is 0. The number of aromatic nitrogens is 2. The number of hydrogen-bond acceptors (Lipinski definition) is 4. The molecule has 1 aromatic heterocycles. The zero-order valence-corrected chi connectivity index (χ0v) is 10.8. The second-order valence-electron chi connectivity index (χ2n) is 3.73. The largest absolute Gasteiger partial charge is 0.394 e. The summed E-state index contributed by atoms with van der Waals surface area (Å²) in [6.07, 6.45) is -1.81. The van der Waals surface area contributed by atoms with Gasteiger partial charge in [-0.05, 0) is 22.6 Å². The van der Waals surface area contributed by atoms with Crippen molar-refractivity contribution in [1.82, 2.24) is 9.55 Å². The molecule has 1 fully saturated rings. The van der Waals surface area contributed by atoms with Gasteiger partial charge in [0.2, 0.25) is 0 Å². The molecule has 1 aliphatic rings. The number of halogens is 2. The summed E-state index contributed by atoms with van der Waals surface area (Å²) in [6.45, 7) is -0.299. The third-order valence-corrected chi connectivity index (χ3v) is 3.30. The van der Waals surface area contributed by atoms with Crippen LogP contribution in [-0.4, -0.2) is 33.5 Å². The average Bonchev–Trinajstić information content (AvgIpc) is 2.65. The Bertz CT molecular complexity index is 528. The lowest BCUT2D eigenvalue weighted by molar-refractivity contribution is -0.0395. The van der Waals surface area contributed by atoms with Crippen LogP contribution < -0.4 is 11.2 Å². The summed E-state index contributed by atoms with van der Waals surface area (Å²) >= 11 is 1.74. The van der Waals surface area contributed by atoms with Crippen LogP contribution in [-0.2, 0) is 4.74 Å². The van der Waals surface area contributed by atoms with E-state index in [1.807, 2.05) is 0 Å². The molecule has 3 unspecified atom stereocenters. The first-order chi connectivity index (χ1) is 8.02. The molecule has 3 atom stereocenters. The van der Waals surface area contributed by atoms with E-state index >= 15 is 0 Å². The maximum atomic E-state index is 13.6. The van der Waals surface area contributed by atoms with E-state index in [4.69, 9.17) is 9.84 Å². The fourth-order valence-corrected chi connectivity index (χ4v) is 2.15. The van der Waals surface area contributed by atoms with Gasteiger partial charge in [-0.25, -0.2) is 9.18 Å². The molecule has 1 saturated heterocycles. The summed E-state index contributed by atoms with van der Waals surface area (Å²) in [6, 6.07) is 0. The molecule has 1 aromatic rings. The van der Waals surface area contributed by atoms with Gasteiger partial charge in [0.15, 0.2) is 6.23 Å². The van der Waals surface area contributed by atoms with E-state index in [0.29, 0.717) is 0 Å².